The van der Waals surface area contributed by atoms with Crippen molar-refractivity contribution in [2.45, 2.75) is 6.54 Å². The minimum atomic E-state index is 0.541. The molecular weight excluding hydrogens is 238 g/mol. The fraction of sp³-hybridized carbons (Fsp3) is 0.0714. The first-order valence-electron chi connectivity index (χ1n) is 6.10. The largest absolute Gasteiger partial charge is 0.365 e. The number of H-pyrrole nitrogens is 1. The number of nitrogens with one attached hydrogen (secondary N) is 1. The Morgan fingerprint density at radius 1 is 1.11 bits per heavy atom. The van der Waals surface area contributed by atoms with Crippen molar-refractivity contribution in [3.8, 4) is 5.69 Å². The second kappa shape index (κ2) is 3.91. The highest BCUT2D eigenvalue weighted by molar-refractivity contribution is 6.15. The zero-order chi connectivity index (χ0) is 12.7. The molecule has 1 aliphatic rings. The van der Waals surface area contributed by atoms with Crippen LogP contribution in [0.4, 0.5) is 0 Å². The average molecular weight is 249 g/mol. The van der Waals surface area contributed by atoms with Crippen molar-refractivity contribution in [3.05, 3.63) is 66.0 Å². The molecule has 5 heteroatoms. The molecule has 0 fully saturated rings. The quantitative estimate of drug-likeness (QED) is 0.716. The normalized spacial score (nSPS) is 13.4. The maximum atomic E-state index is 4.69. The molecule has 92 valence electrons. The Hall–Kier alpha value is -2.69. The van der Waals surface area contributed by atoms with Gasteiger partial charge in [-0.3, -0.25) is 9.56 Å². The molecule has 4 rings (SSSR count). The van der Waals surface area contributed by atoms with Gasteiger partial charge in [0, 0.05) is 23.5 Å². The summed E-state index contributed by atoms with van der Waals surface area (Å²) in [5.74, 6) is 0.854. The third-order valence-electron chi connectivity index (χ3n) is 3.28. The van der Waals surface area contributed by atoms with Crippen LogP contribution in [0.15, 0.2) is 54.0 Å². The summed E-state index contributed by atoms with van der Waals surface area (Å²) in [5, 5.41) is 8.07. The second-order valence-electron chi connectivity index (χ2n) is 4.40. The Labute approximate surface area is 109 Å². The van der Waals surface area contributed by atoms with Crippen LogP contribution in [-0.4, -0.2) is 25.5 Å². The molecule has 3 heterocycles. The van der Waals surface area contributed by atoms with E-state index < -0.39 is 0 Å². The number of aromatic nitrogens is 4. The minimum Gasteiger partial charge on any atom is -0.365 e. The molecule has 2 aromatic heterocycles. The van der Waals surface area contributed by atoms with Gasteiger partial charge in [0.05, 0.1) is 11.4 Å². The number of nitrogens with zero attached hydrogens (tertiary/aromatic N) is 4. The molecule has 0 aliphatic carbocycles. The van der Waals surface area contributed by atoms with E-state index >= 15 is 0 Å². The van der Waals surface area contributed by atoms with Crippen LogP contribution in [0, 0.1) is 0 Å². The molecule has 1 aromatic carbocycles. The standard InChI is InChI=1S/C14H11N5/c1-2-4-10(5-3-1)14-11-6-15-7-12(11)19-9-17-18-13(19)8-16-14/h1-7,9,15H,8H2. The number of aliphatic imine (C=N–C) groups is 1. The molecule has 1 aliphatic heterocycles. The van der Waals surface area contributed by atoms with E-state index in [4.69, 9.17) is 4.99 Å². The highest BCUT2D eigenvalue weighted by atomic mass is 15.3. The smallest absolute Gasteiger partial charge is 0.159 e. The number of hydrogen-bond acceptors (Lipinski definition) is 3. The van der Waals surface area contributed by atoms with Gasteiger partial charge in [0.25, 0.3) is 0 Å². The summed E-state index contributed by atoms with van der Waals surface area (Å²) in [7, 11) is 0. The van der Waals surface area contributed by atoms with Crippen molar-refractivity contribution in [2.24, 2.45) is 4.99 Å². The Bertz CT molecular complexity index is 751. The van der Waals surface area contributed by atoms with E-state index in [0.29, 0.717) is 6.54 Å². The maximum Gasteiger partial charge on any atom is 0.159 e. The minimum absolute atomic E-state index is 0.541. The molecule has 19 heavy (non-hydrogen) atoms. The maximum absolute atomic E-state index is 4.69. The van der Waals surface area contributed by atoms with Crippen LogP contribution >= 0.6 is 0 Å². The van der Waals surface area contributed by atoms with E-state index in [9.17, 15) is 0 Å². The molecule has 5 nitrogen and oxygen atoms in total. The monoisotopic (exact) mass is 249 g/mol. The summed E-state index contributed by atoms with van der Waals surface area (Å²) in [6, 6.07) is 10.2. The molecule has 0 saturated heterocycles. The fourth-order valence-electron chi connectivity index (χ4n) is 2.39. The van der Waals surface area contributed by atoms with Gasteiger partial charge in [-0.15, -0.1) is 10.2 Å². The first kappa shape index (κ1) is 10.3. The molecule has 1 N–H and O–H groups in total. The number of hydrogen-bond donors (Lipinski definition) is 1. The lowest BCUT2D eigenvalue weighted by Gasteiger charge is -2.05. The van der Waals surface area contributed by atoms with Gasteiger partial charge in [0.1, 0.15) is 12.9 Å². The Morgan fingerprint density at radius 2 is 2.00 bits per heavy atom. The molecule has 3 aromatic rings. The van der Waals surface area contributed by atoms with Crippen molar-refractivity contribution in [1.29, 1.82) is 0 Å². The Balaban J connectivity index is 1.95. The predicted octanol–water partition coefficient (Wildman–Crippen LogP) is 1.95. The SMILES string of the molecule is c1ccc(C2=NCc3nncn3-c3c[nH]cc32)cc1. The zero-order valence-corrected chi connectivity index (χ0v) is 10.1. The van der Waals surface area contributed by atoms with Gasteiger partial charge in [-0.25, -0.2) is 0 Å². The summed E-state index contributed by atoms with van der Waals surface area (Å²) in [5.41, 5.74) is 4.22. The predicted molar refractivity (Wildman–Crippen MR) is 71.5 cm³/mol. The second-order valence-corrected chi connectivity index (χ2v) is 4.40. The molecule has 0 saturated carbocycles. The third-order valence-corrected chi connectivity index (χ3v) is 3.28. The summed E-state index contributed by atoms with van der Waals surface area (Å²) in [6.07, 6.45) is 5.65. The van der Waals surface area contributed by atoms with Crippen LogP contribution in [-0.2, 0) is 6.54 Å². The van der Waals surface area contributed by atoms with Gasteiger partial charge in [-0.2, -0.15) is 0 Å². The first-order chi connectivity index (χ1) is 9.43. The van der Waals surface area contributed by atoms with Crippen molar-refractivity contribution < 1.29 is 0 Å². The number of aromatic amines is 1. The van der Waals surface area contributed by atoms with Crippen LogP contribution in [0.3, 0.4) is 0 Å². The Kier molecular flexibility index (Phi) is 2.11. The summed E-state index contributed by atoms with van der Waals surface area (Å²) < 4.78 is 1.98. The van der Waals surface area contributed by atoms with Crippen molar-refractivity contribution >= 4 is 5.71 Å². The van der Waals surface area contributed by atoms with Crippen molar-refractivity contribution in [2.75, 3.05) is 0 Å². The lowest BCUT2D eigenvalue weighted by molar-refractivity contribution is 0.870. The third kappa shape index (κ3) is 1.52. The fourth-order valence-corrected chi connectivity index (χ4v) is 2.39. The summed E-state index contributed by atoms with van der Waals surface area (Å²) >= 11 is 0. The van der Waals surface area contributed by atoms with Crippen LogP contribution < -0.4 is 0 Å². The highest BCUT2D eigenvalue weighted by Gasteiger charge is 2.19. The van der Waals surface area contributed by atoms with Crippen LogP contribution in [0.2, 0.25) is 0 Å². The molecule has 0 atom stereocenters. The highest BCUT2D eigenvalue weighted by Crippen LogP contribution is 2.23. The van der Waals surface area contributed by atoms with E-state index in [1.54, 1.807) is 6.33 Å². The number of rotatable bonds is 1. The van der Waals surface area contributed by atoms with Crippen LogP contribution in [0.1, 0.15) is 17.0 Å². The van der Waals surface area contributed by atoms with Gasteiger partial charge in [0.2, 0.25) is 0 Å². The molecule has 0 radical (unpaired) electrons. The van der Waals surface area contributed by atoms with E-state index in [2.05, 4.69) is 27.3 Å². The van der Waals surface area contributed by atoms with Gasteiger partial charge in [-0.05, 0) is 0 Å². The van der Waals surface area contributed by atoms with Gasteiger partial charge in [0.15, 0.2) is 5.82 Å². The summed E-state index contributed by atoms with van der Waals surface area (Å²) in [4.78, 5) is 7.84. The lowest BCUT2D eigenvalue weighted by Crippen LogP contribution is -2.04. The zero-order valence-electron chi connectivity index (χ0n) is 10.1. The molecule has 0 spiro atoms. The lowest BCUT2D eigenvalue weighted by atomic mass is 10.0. The molecule has 0 amide bonds. The van der Waals surface area contributed by atoms with E-state index in [1.807, 2.05) is 35.2 Å². The average Bonchev–Trinajstić information content (AvgIpc) is 3.07. The molecule has 0 bridgehead atoms. The Morgan fingerprint density at radius 3 is 2.89 bits per heavy atom. The molecule has 0 unspecified atom stereocenters. The van der Waals surface area contributed by atoms with Crippen molar-refractivity contribution in [3.63, 3.8) is 0 Å². The van der Waals surface area contributed by atoms with E-state index in [1.165, 1.54) is 0 Å². The van der Waals surface area contributed by atoms with Crippen LogP contribution in [0.25, 0.3) is 5.69 Å². The van der Waals surface area contributed by atoms with Gasteiger partial charge < -0.3 is 4.98 Å². The number of benzene rings is 1. The number of fused-ring (bicyclic) bond motifs is 3. The van der Waals surface area contributed by atoms with E-state index in [-0.39, 0.29) is 0 Å². The van der Waals surface area contributed by atoms with Gasteiger partial charge >= 0.3 is 0 Å². The van der Waals surface area contributed by atoms with Crippen molar-refractivity contribution in [1.82, 2.24) is 19.7 Å². The van der Waals surface area contributed by atoms with Gasteiger partial charge in [-0.1, -0.05) is 30.3 Å². The molecular formula is C14H11N5. The summed E-state index contributed by atoms with van der Waals surface area (Å²) in [6.45, 7) is 0.541. The van der Waals surface area contributed by atoms with E-state index in [0.717, 1.165) is 28.4 Å². The van der Waals surface area contributed by atoms with Crippen LogP contribution in [0.5, 0.6) is 0 Å². The first-order valence-corrected chi connectivity index (χ1v) is 6.10. The topological polar surface area (TPSA) is 58.9 Å².